The van der Waals surface area contributed by atoms with Crippen molar-refractivity contribution in [3.05, 3.63) is 24.3 Å². The summed E-state index contributed by atoms with van der Waals surface area (Å²) in [7, 11) is 0. The zero-order valence-electron chi connectivity index (χ0n) is 44.1. The molecule has 0 aromatic rings. The highest BCUT2D eigenvalue weighted by Gasteiger charge is 2.26. The molecule has 386 valence electrons. The van der Waals surface area contributed by atoms with Gasteiger partial charge in [0.05, 0.1) is 18.8 Å². The Balaban J connectivity index is 3.53. The molecule has 0 aliphatic carbocycles. The van der Waals surface area contributed by atoms with Crippen LogP contribution >= 0.6 is 0 Å². The molecule has 0 rings (SSSR count). The van der Waals surface area contributed by atoms with Crippen LogP contribution in [-0.2, 0) is 4.79 Å². The molecule has 0 aliphatic rings. The lowest BCUT2D eigenvalue weighted by Gasteiger charge is -2.26. The molecular formula is C60H117NO4. The minimum absolute atomic E-state index is 0.149. The smallest absolute Gasteiger partial charge is 0.220 e. The van der Waals surface area contributed by atoms with E-state index in [0.717, 1.165) is 38.5 Å². The van der Waals surface area contributed by atoms with E-state index in [1.807, 2.05) is 0 Å². The molecule has 0 fully saturated rings. The van der Waals surface area contributed by atoms with E-state index in [1.54, 1.807) is 0 Å². The molecule has 5 heteroatoms. The molecule has 5 nitrogen and oxygen atoms in total. The van der Waals surface area contributed by atoms with Crippen LogP contribution in [0.25, 0.3) is 0 Å². The first-order chi connectivity index (χ1) is 32.1. The summed E-state index contributed by atoms with van der Waals surface area (Å²) in [6.07, 6.45) is 70.6. The van der Waals surface area contributed by atoms with Crippen molar-refractivity contribution < 1.29 is 20.1 Å². The van der Waals surface area contributed by atoms with Crippen LogP contribution in [0.3, 0.4) is 0 Å². The SMILES string of the molecule is CCCCCCCCCCCCCC/C=C\CCCCCCCCCCCCCCCC(=O)NC(CO)C(O)C(O)CCC/C=C/CCCCCCCCCCCCCCCCCCC. The van der Waals surface area contributed by atoms with Gasteiger partial charge < -0.3 is 20.6 Å². The van der Waals surface area contributed by atoms with Gasteiger partial charge in [0.25, 0.3) is 0 Å². The average Bonchev–Trinajstić information content (AvgIpc) is 3.31. The van der Waals surface area contributed by atoms with E-state index in [1.165, 1.54) is 263 Å². The summed E-state index contributed by atoms with van der Waals surface area (Å²) in [5.41, 5.74) is 0. The molecule has 3 unspecified atom stereocenters. The van der Waals surface area contributed by atoms with Crippen molar-refractivity contribution in [3.63, 3.8) is 0 Å². The molecule has 0 saturated heterocycles. The van der Waals surface area contributed by atoms with E-state index in [0.29, 0.717) is 12.8 Å². The fourth-order valence-corrected chi connectivity index (χ4v) is 9.46. The Bertz CT molecular complexity index is 967. The largest absolute Gasteiger partial charge is 0.394 e. The molecule has 0 radical (unpaired) electrons. The van der Waals surface area contributed by atoms with E-state index in [2.05, 4.69) is 43.5 Å². The fraction of sp³-hybridized carbons (Fsp3) is 0.917. The summed E-state index contributed by atoms with van der Waals surface area (Å²) < 4.78 is 0. The number of rotatable bonds is 55. The number of amides is 1. The first-order valence-corrected chi connectivity index (χ1v) is 29.6. The molecule has 1 amide bonds. The maximum atomic E-state index is 12.5. The fourth-order valence-electron chi connectivity index (χ4n) is 9.46. The highest BCUT2D eigenvalue weighted by Crippen LogP contribution is 2.18. The summed E-state index contributed by atoms with van der Waals surface area (Å²) in [6.45, 7) is 4.21. The van der Waals surface area contributed by atoms with Crippen LogP contribution in [0.15, 0.2) is 24.3 Å². The number of aliphatic hydroxyl groups excluding tert-OH is 3. The van der Waals surface area contributed by atoms with Crippen molar-refractivity contribution >= 4 is 5.91 Å². The minimum atomic E-state index is -1.16. The monoisotopic (exact) mass is 916 g/mol. The van der Waals surface area contributed by atoms with Crippen LogP contribution in [-0.4, -0.2) is 46.1 Å². The van der Waals surface area contributed by atoms with Gasteiger partial charge in [-0.1, -0.05) is 282 Å². The van der Waals surface area contributed by atoms with Crippen LogP contribution in [0.5, 0.6) is 0 Å². The van der Waals surface area contributed by atoms with Crippen LogP contribution in [0.2, 0.25) is 0 Å². The van der Waals surface area contributed by atoms with Crippen LogP contribution < -0.4 is 5.32 Å². The summed E-state index contributed by atoms with van der Waals surface area (Å²) in [5, 5.41) is 33.8. The number of allylic oxidation sites excluding steroid dienone is 4. The van der Waals surface area contributed by atoms with Crippen LogP contribution in [0.1, 0.15) is 328 Å². The topological polar surface area (TPSA) is 89.8 Å². The van der Waals surface area contributed by atoms with E-state index in [9.17, 15) is 20.1 Å². The lowest BCUT2D eigenvalue weighted by atomic mass is 10.0. The molecule has 0 aliphatic heterocycles. The number of hydrogen-bond donors (Lipinski definition) is 4. The lowest BCUT2D eigenvalue weighted by Crippen LogP contribution is -2.50. The van der Waals surface area contributed by atoms with Gasteiger partial charge in [0.15, 0.2) is 0 Å². The van der Waals surface area contributed by atoms with Crippen molar-refractivity contribution in [2.24, 2.45) is 0 Å². The quantitative estimate of drug-likeness (QED) is 0.0361. The van der Waals surface area contributed by atoms with Gasteiger partial charge in [0.2, 0.25) is 5.91 Å². The molecule has 0 aromatic heterocycles. The van der Waals surface area contributed by atoms with Gasteiger partial charge in [-0.25, -0.2) is 0 Å². The highest BCUT2D eigenvalue weighted by atomic mass is 16.3. The van der Waals surface area contributed by atoms with Gasteiger partial charge in [-0.3, -0.25) is 4.79 Å². The van der Waals surface area contributed by atoms with Gasteiger partial charge in [0, 0.05) is 6.42 Å². The molecule has 4 N–H and O–H groups in total. The average molecular weight is 917 g/mol. The zero-order chi connectivity index (χ0) is 47.2. The van der Waals surface area contributed by atoms with Gasteiger partial charge in [0.1, 0.15) is 6.10 Å². The van der Waals surface area contributed by atoms with E-state index < -0.39 is 18.2 Å². The molecule has 0 aromatic carbocycles. The van der Waals surface area contributed by atoms with E-state index in [4.69, 9.17) is 0 Å². The van der Waals surface area contributed by atoms with Crippen molar-refractivity contribution in [3.8, 4) is 0 Å². The third-order valence-electron chi connectivity index (χ3n) is 14.0. The molecule has 0 bridgehead atoms. The maximum Gasteiger partial charge on any atom is 0.220 e. The standard InChI is InChI=1S/C60H117NO4/c1-3-5-7-9-11-13-15-17-19-21-23-25-27-28-29-30-31-32-33-35-37-39-41-43-45-47-49-51-53-55-59(64)61-57(56-62)60(65)58(63)54-52-50-48-46-44-42-40-38-36-34-26-24-22-20-18-16-14-12-10-8-6-4-2/h28-29,46,48,57-58,60,62-63,65H,3-27,30-45,47,49-56H2,1-2H3,(H,61,64)/b29-28-,48-46+. The molecule has 3 atom stereocenters. The summed E-state index contributed by atoms with van der Waals surface area (Å²) in [4.78, 5) is 12.5. The number of aliphatic hydroxyl groups is 3. The lowest BCUT2D eigenvalue weighted by molar-refractivity contribution is -0.124. The second-order valence-electron chi connectivity index (χ2n) is 20.5. The normalized spacial score (nSPS) is 13.4. The Morgan fingerprint density at radius 1 is 0.369 bits per heavy atom. The minimum Gasteiger partial charge on any atom is -0.394 e. The third-order valence-corrected chi connectivity index (χ3v) is 14.0. The first kappa shape index (κ1) is 63.8. The second-order valence-corrected chi connectivity index (χ2v) is 20.5. The maximum absolute atomic E-state index is 12.5. The Morgan fingerprint density at radius 2 is 0.615 bits per heavy atom. The Kier molecular flexibility index (Phi) is 54.4. The van der Waals surface area contributed by atoms with Gasteiger partial charge in [-0.15, -0.1) is 0 Å². The third kappa shape index (κ3) is 50.5. The van der Waals surface area contributed by atoms with Crippen molar-refractivity contribution in [2.45, 2.75) is 347 Å². The summed E-state index contributed by atoms with van der Waals surface area (Å²) in [5.74, 6) is -0.149. The number of carbonyl (C=O) groups excluding carboxylic acids is 1. The predicted molar refractivity (Wildman–Crippen MR) is 287 cm³/mol. The van der Waals surface area contributed by atoms with E-state index >= 15 is 0 Å². The summed E-state index contributed by atoms with van der Waals surface area (Å²) >= 11 is 0. The van der Waals surface area contributed by atoms with Gasteiger partial charge >= 0.3 is 0 Å². The first-order valence-electron chi connectivity index (χ1n) is 29.6. The second kappa shape index (κ2) is 55.4. The molecule has 0 heterocycles. The molecular weight excluding hydrogens is 799 g/mol. The Morgan fingerprint density at radius 3 is 0.892 bits per heavy atom. The number of unbranched alkanes of at least 4 members (excludes halogenated alkanes) is 43. The zero-order valence-corrected chi connectivity index (χ0v) is 44.1. The van der Waals surface area contributed by atoms with Crippen LogP contribution in [0.4, 0.5) is 0 Å². The van der Waals surface area contributed by atoms with Gasteiger partial charge in [-0.05, 0) is 64.2 Å². The summed E-state index contributed by atoms with van der Waals surface area (Å²) in [6, 6.07) is -0.825. The Labute approximate surface area is 407 Å². The number of nitrogens with one attached hydrogen (secondary N) is 1. The Hall–Kier alpha value is -1.17. The van der Waals surface area contributed by atoms with Crippen LogP contribution in [0, 0.1) is 0 Å². The number of hydrogen-bond acceptors (Lipinski definition) is 4. The van der Waals surface area contributed by atoms with E-state index in [-0.39, 0.29) is 12.5 Å². The molecule has 0 saturated carbocycles. The van der Waals surface area contributed by atoms with Crippen molar-refractivity contribution in [1.82, 2.24) is 5.32 Å². The predicted octanol–water partition coefficient (Wildman–Crippen LogP) is 18.5. The molecule has 65 heavy (non-hydrogen) atoms. The number of carbonyl (C=O) groups is 1. The van der Waals surface area contributed by atoms with Crippen molar-refractivity contribution in [1.29, 1.82) is 0 Å². The van der Waals surface area contributed by atoms with Crippen molar-refractivity contribution in [2.75, 3.05) is 6.61 Å². The van der Waals surface area contributed by atoms with Gasteiger partial charge in [-0.2, -0.15) is 0 Å². The highest BCUT2D eigenvalue weighted by molar-refractivity contribution is 5.76. The molecule has 0 spiro atoms.